The number of nitrogens with one attached hydrogen (secondary N) is 1. The van der Waals surface area contributed by atoms with Crippen molar-refractivity contribution in [2.45, 2.75) is 38.6 Å². The average Bonchev–Trinajstić information content (AvgIpc) is 3.19. The molecule has 1 aromatic heterocycles. The molecule has 2 aliphatic heterocycles. The van der Waals surface area contributed by atoms with E-state index in [1.165, 1.54) is 6.26 Å². The van der Waals surface area contributed by atoms with Crippen molar-refractivity contribution in [1.29, 1.82) is 0 Å². The summed E-state index contributed by atoms with van der Waals surface area (Å²) >= 11 is 0. The number of piperidine rings is 1. The van der Waals surface area contributed by atoms with Gasteiger partial charge >= 0.3 is 0 Å². The molecule has 0 saturated carbocycles. The Morgan fingerprint density at radius 2 is 1.78 bits per heavy atom. The SMILES string of the molecule is Cc1ccoc1C(=O)NC1CCN(S(=O)(=O)N2CCCC2)CC1. The molecule has 128 valence electrons. The van der Waals surface area contributed by atoms with Crippen molar-refractivity contribution in [2.75, 3.05) is 26.2 Å². The third kappa shape index (κ3) is 3.44. The van der Waals surface area contributed by atoms with Gasteiger partial charge in [-0.25, -0.2) is 0 Å². The van der Waals surface area contributed by atoms with Crippen molar-refractivity contribution < 1.29 is 17.6 Å². The van der Waals surface area contributed by atoms with E-state index in [0.717, 1.165) is 18.4 Å². The van der Waals surface area contributed by atoms with Crippen LogP contribution in [0.5, 0.6) is 0 Å². The third-order valence-corrected chi connectivity index (χ3v) is 6.61. The molecule has 1 N–H and O–H groups in total. The van der Waals surface area contributed by atoms with E-state index in [4.69, 9.17) is 4.42 Å². The van der Waals surface area contributed by atoms with Gasteiger partial charge in [-0.2, -0.15) is 17.0 Å². The molecule has 1 amide bonds. The highest BCUT2D eigenvalue weighted by molar-refractivity contribution is 7.86. The van der Waals surface area contributed by atoms with Gasteiger partial charge in [-0.1, -0.05) is 0 Å². The van der Waals surface area contributed by atoms with Crippen molar-refractivity contribution >= 4 is 16.1 Å². The van der Waals surface area contributed by atoms with Gasteiger partial charge in [0.1, 0.15) is 0 Å². The molecule has 7 nitrogen and oxygen atoms in total. The quantitative estimate of drug-likeness (QED) is 0.890. The van der Waals surface area contributed by atoms with Gasteiger partial charge < -0.3 is 9.73 Å². The molecular weight excluding hydrogens is 318 g/mol. The van der Waals surface area contributed by atoms with Crippen LogP contribution in [0.2, 0.25) is 0 Å². The second-order valence-corrected chi connectivity index (χ2v) is 8.12. The maximum Gasteiger partial charge on any atom is 0.287 e. The van der Waals surface area contributed by atoms with Gasteiger partial charge in [0.15, 0.2) is 5.76 Å². The minimum atomic E-state index is -3.33. The Morgan fingerprint density at radius 3 is 2.35 bits per heavy atom. The van der Waals surface area contributed by atoms with Crippen LogP contribution in [0, 0.1) is 6.92 Å². The smallest absolute Gasteiger partial charge is 0.287 e. The largest absolute Gasteiger partial charge is 0.459 e. The molecule has 0 atom stereocenters. The van der Waals surface area contributed by atoms with Gasteiger partial charge in [-0.05, 0) is 38.7 Å². The van der Waals surface area contributed by atoms with Crippen molar-refractivity contribution in [3.05, 3.63) is 23.7 Å². The fourth-order valence-corrected chi connectivity index (χ4v) is 4.89. The van der Waals surface area contributed by atoms with E-state index in [9.17, 15) is 13.2 Å². The number of nitrogens with zero attached hydrogens (tertiary/aromatic N) is 2. The number of aryl methyl sites for hydroxylation is 1. The first-order valence-electron chi connectivity index (χ1n) is 8.08. The molecule has 0 aromatic carbocycles. The number of rotatable bonds is 4. The van der Waals surface area contributed by atoms with Crippen molar-refractivity contribution in [3.63, 3.8) is 0 Å². The van der Waals surface area contributed by atoms with Crippen LogP contribution < -0.4 is 5.32 Å². The van der Waals surface area contributed by atoms with Gasteiger partial charge in [0.25, 0.3) is 16.1 Å². The van der Waals surface area contributed by atoms with E-state index in [1.54, 1.807) is 14.7 Å². The zero-order valence-electron chi connectivity index (χ0n) is 13.3. The van der Waals surface area contributed by atoms with E-state index in [0.29, 0.717) is 44.8 Å². The van der Waals surface area contributed by atoms with E-state index >= 15 is 0 Å². The monoisotopic (exact) mass is 341 g/mol. The number of hydrogen-bond acceptors (Lipinski definition) is 4. The lowest BCUT2D eigenvalue weighted by molar-refractivity contribution is 0.0894. The van der Waals surface area contributed by atoms with Gasteiger partial charge in [0.05, 0.1) is 6.26 Å². The Balaban J connectivity index is 1.54. The van der Waals surface area contributed by atoms with Crippen molar-refractivity contribution in [1.82, 2.24) is 13.9 Å². The highest BCUT2D eigenvalue weighted by Crippen LogP contribution is 2.21. The zero-order valence-corrected chi connectivity index (χ0v) is 14.1. The second-order valence-electron chi connectivity index (χ2n) is 6.19. The normalized spacial score (nSPS) is 21.6. The van der Waals surface area contributed by atoms with Gasteiger partial charge in [-0.3, -0.25) is 4.79 Å². The van der Waals surface area contributed by atoms with E-state index in [1.807, 2.05) is 6.92 Å². The van der Waals surface area contributed by atoms with Crippen molar-refractivity contribution in [3.8, 4) is 0 Å². The predicted molar refractivity (Wildman–Crippen MR) is 85.2 cm³/mol. The molecule has 0 aliphatic carbocycles. The van der Waals surface area contributed by atoms with Gasteiger partial charge in [-0.15, -0.1) is 0 Å². The fraction of sp³-hybridized carbons (Fsp3) is 0.667. The summed E-state index contributed by atoms with van der Waals surface area (Å²) in [6.07, 6.45) is 4.62. The molecule has 2 aliphatic rings. The lowest BCUT2D eigenvalue weighted by Crippen LogP contribution is -2.50. The van der Waals surface area contributed by atoms with E-state index in [-0.39, 0.29) is 11.9 Å². The second kappa shape index (κ2) is 6.62. The van der Waals surface area contributed by atoms with Crippen LogP contribution in [0.25, 0.3) is 0 Å². The summed E-state index contributed by atoms with van der Waals surface area (Å²) in [6.45, 7) is 3.96. The Bertz CT molecular complexity index is 656. The van der Waals surface area contributed by atoms with Crippen LogP contribution in [-0.2, 0) is 10.2 Å². The fourth-order valence-electron chi connectivity index (χ4n) is 3.17. The minimum absolute atomic E-state index is 0.0166. The minimum Gasteiger partial charge on any atom is -0.459 e. The van der Waals surface area contributed by atoms with Gasteiger partial charge in [0, 0.05) is 37.8 Å². The maximum absolute atomic E-state index is 12.5. The van der Waals surface area contributed by atoms with Gasteiger partial charge in [0.2, 0.25) is 0 Å². The molecule has 2 saturated heterocycles. The standard InChI is InChI=1S/C15H23N3O4S/c1-12-6-11-22-14(12)15(19)16-13-4-9-18(10-5-13)23(20,21)17-7-2-3-8-17/h6,11,13H,2-5,7-10H2,1H3,(H,16,19). The molecule has 0 spiro atoms. The molecule has 3 heterocycles. The summed E-state index contributed by atoms with van der Waals surface area (Å²) in [5.41, 5.74) is 0.802. The molecule has 8 heteroatoms. The van der Waals surface area contributed by atoms with Crippen LogP contribution in [0.15, 0.2) is 16.7 Å². The molecule has 0 bridgehead atoms. The third-order valence-electron chi connectivity index (χ3n) is 4.58. The number of furan rings is 1. The number of carbonyl (C=O) groups is 1. The summed E-state index contributed by atoms with van der Waals surface area (Å²) in [5.74, 6) is 0.102. The summed E-state index contributed by atoms with van der Waals surface area (Å²) in [7, 11) is -3.33. The van der Waals surface area contributed by atoms with E-state index < -0.39 is 10.2 Å². The lowest BCUT2D eigenvalue weighted by Gasteiger charge is -2.33. The molecule has 0 radical (unpaired) electrons. The Kier molecular flexibility index (Phi) is 4.74. The Hall–Kier alpha value is -1.38. The van der Waals surface area contributed by atoms with Crippen LogP contribution in [0.1, 0.15) is 41.8 Å². The summed E-state index contributed by atoms with van der Waals surface area (Å²) in [6, 6.07) is 1.73. The van der Waals surface area contributed by atoms with Crippen molar-refractivity contribution in [2.24, 2.45) is 0 Å². The van der Waals surface area contributed by atoms with Crippen LogP contribution in [-0.4, -0.2) is 55.2 Å². The topological polar surface area (TPSA) is 82.9 Å². The Morgan fingerprint density at radius 1 is 1.17 bits per heavy atom. The van der Waals surface area contributed by atoms with Crippen LogP contribution in [0.4, 0.5) is 0 Å². The van der Waals surface area contributed by atoms with Crippen LogP contribution in [0.3, 0.4) is 0 Å². The number of hydrogen-bond donors (Lipinski definition) is 1. The maximum atomic E-state index is 12.5. The molecule has 1 aromatic rings. The summed E-state index contributed by atoms with van der Waals surface area (Å²) in [4.78, 5) is 12.1. The molecular formula is C15H23N3O4S. The molecule has 0 unspecified atom stereocenters. The summed E-state index contributed by atoms with van der Waals surface area (Å²) < 4.78 is 33.3. The first-order valence-corrected chi connectivity index (χ1v) is 9.48. The first-order chi connectivity index (χ1) is 11.0. The Labute approximate surface area is 136 Å². The highest BCUT2D eigenvalue weighted by atomic mass is 32.2. The molecule has 2 fully saturated rings. The first kappa shape index (κ1) is 16.5. The highest BCUT2D eigenvalue weighted by Gasteiger charge is 2.34. The summed E-state index contributed by atoms with van der Waals surface area (Å²) in [5, 5.41) is 2.94. The van der Waals surface area contributed by atoms with E-state index in [2.05, 4.69) is 5.32 Å². The predicted octanol–water partition coefficient (Wildman–Crippen LogP) is 1.12. The number of carbonyl (C=O) groups excluding carboxylic acids is 1. The average molecular weight is 341 g/mol. The van der Waals surface area contributed by atoms with Crippen LogP contribution >= 0.6 is 0 Å². The molecule has 23 heavy (non-hydrogen) atoms. The molecule has 3 rings (SSSR count). The zero-order chi connectivity index (χ0) is 16.4. The number of amides is 1. The lowest BCUT2D eigenvalue weighted by atomic mass is 10.1.